The molecular formula is C70H65F9N2. The summed E-state index contributed by atoms with van der Waals surface area (Å²) in [6.07, 6.45) is -3.01. The molecule has 0 saturated carbocycles. The average molecular weight is 1110 g/mol. The van der Waals surface area contributed by atoms with Gasteiger partial charge in [0.05, 0.1) is 39.5 Å². The Bertz CT molecular complexity index is 3500. The van der Waals surface area contributed by atoms with Gasteiger partial charge in [-0.25, -0.2) is 4.99 Å². The van der Waals surface area contributed by atoms with Gasteiger partial charge in [-0.05, 0) is 143 Å². The zero-order valence-corrected chi connectivity index (χ0v) is 46.0. The number of hydrogen-bond acceptors (Lipinski definition) is 1. The van der Waals surface area contributed by atoms with Gasteiger partial charge in [0.15, 0.2) is 0 Å². The van der Waals surface area contributed by atoms with E-state index in [1.165, 1.54) is 36.4 Å². The number of alkyl halides is 9. The van der Waals surface area contributed by atoms with Crippen molar-refractivity contribution in [2.45, 2.75) is 123 Å². The van der Waals surface area contributed by atoms with Gasteiger partial charge < -0.3 is 4.98 Å². The Hall–Kier alpha value is -7.66. The number of aromatic nitrogens is 1. The van der Waals surface area contributed by atoms with E-state index in [1.807, 2.05) is 97.1 Å². The molecule has 7 aromatic carbocycles. The first-order valence-corrected chi connectivity index (χ1v) is 28.1. The number of H-pyrrole nitrogens is 1. The van der Waals surface area contributed by atoms with E-state index in [-0.39, 0.29) is 16.8 Å². The van der Waals surface area contributed by atoms with E-state index in [4.69, 9.17) is 4.99 Å². The largest absolute Gasteiger partial charge is 0.416 e. The van der Waals surface area contributed by atoms with Crippen LogP contribution in [0.2, 0.25) is 0 Å². The van der Waals surface area contributed by atoms with E-state index in [0.717, 1.165) is 147 Å². The molecule has 0 saturated heterocycles. The van der Waals surface area contributed by atoms with Crippen LogP contribution in [-0.4, -0.2) is 10.7 Å². The number of aryl methyl sites for hydroxylation is 4. The molecule has 11 heteroatoms. The highest BCUT2D eigenvalue weighted by atomic mass is 19.4. The van der Waals surface area contributed by atoms with Gasteiger partial charge in [-0.15, -0.1) is 0 Å². The first kappa shape index (κ1) is 58.0. The molecule has 418 valence electrons. The van der Waals surface area contributed by atoms with Crippen molar-refractivity contribution < 1.29 is 39.5 Å². The van der Waals surface area contributed by atoms with Crippen LogP contribution in [0.4, 0.5) is 39.5 Å². The number of halogens is 9. The summed E-state index contributed by atoms with van der Waals surface area (Å²) >= 11 is 0. The summed E-state index contributed by atoms with van der Waals surface area (Å²) < 4.78 is 131. The highest BCUT2D eigenvalue weighted by Crippen LogP contribution is 2.52. The average Bonchev–Trinajstić information content (AvgIpc) is 3.80. The van der Waals surface area contributed by atoms with Gasteiger partial charge >= 0.3 is 18.5 Å². The summed E-state index contributed by atoms with van der Waals surface area (Å²) in [4.78, 5) is 9.35. The van der Waals surface area contributed by atoms with Crippen LogP contribution in [-0.2, 0) is 44.2 Å². The predicted molar refractivity (Wildman–Crippen MR) is 312 cm³/mol. The molecule has 8 aromatic rings. The van der Waals surface area contributed by atoms with Gasteiger partial charge in [-0.1, -0.05) is 187 Å². The Morgan fingerprint density at radius 2 is 0.679 bits per heavy atom. The molecule has 0 atom stereocenters. The molecule has 2 nitrogen and oxygen atoms in total. The fourth-order valence-corrected chi connectivity index (χ4v) is 10.6. The standard InChI is InChI=1S/C70H65F9N2/c1-5-9-13-45-17-25-49(26-18-45)59-61(51-33-39-56(40-34-51)68(71,72)73)66(80-64(59)54-29-21-47(22-30-54)15-11-7-3)63(53-37-43-58(44-38-53)70(77,78)79)67-62(52-35-41-57(42-36-52)69(74,75)76)60(50-27-19-46(20-28-50)14-10-6-2)65(81-67)55-31-23-48(24-32-55)16-12-8-4/h17-44,80H,5-16H2,1-4H3/b67-63-. The molecular weight excluding hydrogens is 1040 g/mol. The number of aliphatic imine (C=N–C) groups is 1. The Morgan fingerprint density at radius 3 is 1.07 bits per heavy atom. The van der Waals surface area contributed by atoms with Crippen molar-refractivity contribution in [3.05, 3.63) is 242 Å². The van der Waals surface area contributed by atoms with Crippen LogP contribution in [0.1, 0.15) is 146 Å². The maximum absolute atomic E-state index is 14.6. The molecule has 1 aromatic heterocycles. The molecule has 9 rings (SSSR count). The molecule has 2 heterocycles. The maximum Gasteiger partial charge on any atom is 0.416 e. The van der Waals surface area contributed by atoms with Crippen molar-refractivity contribution in [1.29, 1.82) is 0 Å². The van der Waals surface area contributed by atoms with Crippen LogP contribution in [0.15, 0.2) is 181 Å². The van der Waals surface area contributed by atoms with E-state index >= 15 is 0 Å². The van der Waals surface area contributed by atoms with Gasteiger partial charge in [0.1, 0.15) is 0 Å². The number of unbranched alkanes of at least 4 members (excludes halogenated alkanes) is 4. The second kappa shape index (κ2) is 25.0. The molecule has 0 spiro atoms. The number of benzene rings is 7. The second-order valence-electron chi connectivity index (χ2n) is 21.0. The third-order valence-electron chi connectivity index (χ3n) is 15.2. The van der Waals surface area contributed by atoms with Crippen LogP contribution in [0, 0.1) is 0 Å². The third kappa shape index (κ3) is 13.3. The fraction of sp³-hybridized carbons (Fsp3) is 0.271. The lowest BCUT2D eigenvalue weighted by Gasteiger charge is -2.18. The molecule has 0 amide bonds. The maximum atomic E-state index is 14.6. The summed E-state index contributed by atoms with van der Waals surface area (Å²) in [7, 11) is 0. The number of aromatic amines is 1. The lowest BCUT2D eigenvalue weighted by atomic mass is 9.85. The zero-order valence-electron chi connectivity index (χ0n) is 46.0. The highest BCUT2D eigenvalue weighted by Gasteiger charge is 2.37. The lowest BCUT2D eigenvalue weighted by molar-refractivity contribution is -0.138. The van der Waals surface area contributed by atoms with Crippen LogP contribution >= 0.6 is 0 Å². The first-order valence-electron chi connectivity index (χ1n) is 28.1. The van der Waals surface area contributed by atoms with Crippen molar-refractivity contribution in [1.82, 2.24) is 4.98 Å². The Kier molecular flexibility index (Phi) is 17.9. The topological polar surface area (TPSA) is 28.1 Å². The number of hydrogen-bond donors (Lipinski definition) is 1. The number of nitrogens with one attached hydrogen (secondary N) is 1. The van der Waals surface area contributed by atoms with E-state index in [9.17, 15) is 39.5 Å². The summed E-state index contributed by atoms with van der Waals surface area (Å²) in [5, 5.41) is 0. The molecule has 0 aliphatic carbocycles. The third-order valence-corrected chi connectivity index (χ3v) is 15.2. The van der Waals surface area contributed by atoms with Crippen LogP contribution in [0.3, 0.4) is 0 Å². The minimum atomic E-state index is -4.72. The predicted octanol–water partition coefficient (Wildman–Crippen LogP) is 21.3. The van der Waals surface area contributed by atoms with Crippen molar-refractivity contribution in [2.75, 3.05) is 0 Å². The van der Waals surface area contributed by atoms with Crippen LogP contribution in [0.5, 0.6) is 0 Å². The highest BCUT2D eigenvalue weighted by molar-refractivity contribution is 6.42. The number of allylic oxidation sites excluding steroid dienone is 2. The quantitative estimate of drug-likeness (QED) is 0.0737. The van der Waals surface area contributed by atoms with Crippen LogP contribution < -0.4 is 0 Å². The lowest BCUT2D eigenvalue weighted by Crippen LogP contribution is -2.06. The molecule has 0 unspecified atom stereocenters. The van der Waals surface area contributed by atoms with E-state index in [0.29, 0.717) is 61.6 Å². The molecule has 1 N–H and O–H groups in total. The van der Waals surface area contributed by atoms with Crippen LogP contribution in [0.25, 0.3) is 50.2 Å². The summed E-state index contributed by atoms with van der Waals surface area (Å²) in [5.74, 6) is 0. The van der Waals surface area contributed by atoms with E-state index in [1.54, 1.807) is 0 Å². The monoisotopic (exact) mass is 1100 g/mol. The van der Waals surface area contributed by atoms with E-state index in [2.05, 4.69) is 32.7 Å². The summed E-state index contributed by atoms with van der Waals surface area (Å²) in [5.41, 5.74) is 9.41. The summed E-state index contributed by atoms with van der Waals surface area (Å²) in [6.45, 7) is 8.46. The van der Waals surface area contributed by atoms with E-state index < -0.39 is 35.2 Å². The van der Waals surface area contributed by atoms with Crippen molar-refractivity contribution in [3.63, 3.8) is 0 Å². The first-order chi connectivity index (χ1) is 38.9. The Labute approximate surface area is 469 Å². The van der Waals surface area contributed by atoms with Gasteiger partial charge in [0, 0.05) is 33.4 Å². The normalized spacial score (nSPS) is 13.8. The smallest absolute Gasteiger partial charge is 0.353 e. The summed E-state index contributed by atoms with van der Waals surface area (Å²) in [6, 6.07) is 46.5. The van der Waals surface area contributed by atoms with Crippen molar-refractivity contribution in [2.24, 2.45) is 4.99 Å². The zero-order chi connectivity index (χ0) is 57.5. The van der Waals surface area contributed by atoms with Gasteiger partial charge in [0.25, 0.3) is 0 Å². The Balaban J connectivity index is 1.47. The fourth-order valence-electron chi connectivity index (χ4n) is 10.6. The molecule has 81 heavy (non-hydrogen) atoms. The molecule has 0 fully saturated rings. The van der Waals surface area contributed by atoms with Gasteiger partial charge in [0.2, 0.25) is 0 Å². The molecule has 0 radical (unpaired) electrons. The van der Waals surface area contributed by atoms with Gasteiger partial charge in [-0.2, -0.15) is 39.5 Å². The molecule has 0 bridgehead atoms. The van der Waals surface area contributed by atoms with Gasteiger partial charge in [-0.3, -0.25) is 0 Å². The van der Waals surface area contributed by atoms with Crippen molar-refractivity contribution >= 4 is 22.4 Å². The number of nitrogens with zero attached hydrogens (tertiary/aromatic N) is 1. The minimum absolute atomic E-state index is 0.224. The second-order valence-corrected chi connectivity index (χ2v) is 21.0. The molecule has 1 aliphatic rings. The Morgan fingerprint density at radius 1 is 0.358 bits per heavy atom. The SMILES string of the molecule is CCCCc1ccc(C2=N/C(=C(/c3ccc(C(F)(F)F)cc3)c3[nH]c(-c4ccc(CCCC)cc4)c(-c4ccc(CCCC)cc4)c3-c3ccc(C(F)(F)F)cc3)C(c3ccc(C(F)(F)F)cc3)=C2c2ccc(CCCC)cc2)cc1. The van der Waals surface area contributed by atoms with Crippen molar-refractivity contribution in [3.8, 4) is 33.5 Å². The molecule has 1 aliphatic heterocycles. The number of rotatable bonds is 20. The minimum Gasteiger partial charge on any atom is -0.353 e.